The predicted molar refractivity (Wildman–Crippen MR) is 94.6 cm³/mol. The van der Waals surface area contributed by atoms with Crippen molar-refractivity contribution >= 4 is 18.6 Å². The third-order valence-electron chi connectivity index (χ3n) is 4.64. The monoisotopic (exact) mass is 340 g/mol. The molecule has 1 aliphatic rings. The molecule has 0 unspecified atom stereocenters. The molecule has 0 bridgehead atoms. The van der Waals surface area contributed by atoms with Gasteiger partial charge in [0.25, 0.3) is 0 Å². The van der Waals surface area contributed by atoms with Crippen molar-refractivity contribution < 1.29 is 23.9 Å². The molecule has 0 aromatic heterocycles. The molecule has 2 aromatic carbocycles. The lowest BCUT2D eigenvalue weighted by Gasteiger charge is -2.32. The Kier molecular flexibility index (Phi) is 4.58. The summed E-state index contributed by atoms with van der Waals surface area (Å²) < 4.78 is 12.1. The quantitative estimate of drug-likeness (QED) is 0.486. The van der Waals surface area contributed by atoms with Gasteiger partial charge in [-0.25, -0.2) is 9.68 Å². The fourth-order valence-electron chi connectivity index (χ4n) is 2.47. The molecule has 1 heterocycles. The first-order valence-electron chi connectivity index (χ1n) is 8.19. The maximum Gasteiger partial charge on any atom is 0.495 e. The van der Waals surface area contributed by atoms with Gasteiger partial charge in [0.2, 0.25) is 0 Å². The van der Waals surface area contributed by atoms with E-state index < -0.39 is 24.3 Å². The zero-order valence-electron chi connectivity index (χ0n) is 14.8. The van der Waals surface area contributed by atoms with Gasteiger partial charge >= 0.3 is 13.1 Å². The maximum absolute atomic E-state index is 12.5. The fraction of sp³-hybridized carbons (Fsp3) is 0.316. The topological polar surface area (TPSA) is 54.0 Å². The number of rotatable bonds is 4. The van der Waals surface area contributed by atoms with Crippen molar-refractivity contribution in [3.8, 4) is 5.75 Å². The second kappa shape index (κ2) is 6.54. The van der Waals surface area contributed by atoms with Gasteiger partial charge in [0.05, 0.1) is 16.8 Å². The molecule has 0 amide bonds. The number of carbonyl (C=O) groups excluding carboxylic acids is 1. The van der Waals surface area contributed by atoms with Gasteiger partial charge in [0.15, 0.2) is 5.75 Å². The highest BCUT2D eigenvalue weighted by Crippen LogP contribution is 2.36. The smallest absolute Gasteiger partial charge is 0.399 e. The van der Waals surface area contributed by atoms with Crippen LogP contribution in [0.2, 0.25) is 0 Å². The molecular weight excluding hydrogens is 319 g/mol. The zero-order valence-corrected chi connectivity index (χ0v) is 14.8. The van der Waals surface area contributed by atoms with Crippen LogP contribution >= 0.6 is 0 Å². The van der Waals surface area contributed by atoms with Gasteiger partial charge in [-0.1, -0.05) is 36.4 Å². The van der Waals surface area contributed by atoms with Crippen LogP contribution in [0.15, 0.2) is 54.6 Å². The van der Waals surface area contributed by atoms with Gasteiger partial charge in [0.1, 0.15) is 0 Å². The van der Waals surface area contributed by atoms with E-state index in [4.69, 9.17) is 19.1 Å². The average Bonchev–Trinajstić information content (AvgIpc) is 2.81. The van der Waals surface area contributed by atoms with Crippen molar-refractivity contribution in [1.82, 2.24) is 0 Å². The Morgan fingerprint density at radius 3 is 2.08 bits per heavy atom. The summed E-state index contributed by atoms with van der Waals surface area (Å²) in [6.45, 7) is 7.86. The van der Waals surface area contributed by atoms with Crippen LogP contribution < -0.4 is 10.4 Å². The molecule has 130 valence electrons. The Bertz CT molecular complexity index is 741. The van der Waals surface area contributed by atoms with E-state index in [9.17, 15) is 4.79 Å². The summed E-state index contributed by atoms with van der Waals surface area (Å²) in [7, 11) is -0.648. The van der Waals surface area contributed by atoms with E-state index >= 15 is 0 Å². The van der Waals surface area contributed by atoms with Crippen LogP contribution in [-0.4, -0.2) is 24.3 Å². The number of hydrogen-bond donors (Lipinski definition) is 0. The second-order valence-corrected chi connectivity index (χ2v) is 6.94. The molecule has 0 spiro atoms. The maximum atomic E-state index is 12.5. The molecule has 25 heavy (non-hydrogen) atoms. The van der Waals surface area contributed by atoms with Crippen LogP contribution in [0.4, 0.5) is 0 Å². The minimum absolute atomic E-state index is 0.344. The standard InChI is InChI=1S/C19H21BO5/c1-18(2)19(3,4)25-20(24-18)16-13-9-8-12-15(16)17(21)23-22-14-10-6-5-7-11-14/h5-13H,1-4H3. The zero-order chi connectivity index (χ0) is 18.1. The highest BCUT2D eigenvalue weighted by atomic mass is 17.2. The van der Waals surface area contributed by atoms with Crippen molar-refractivity contribution in [1.29, 1.82) is 0 Å². The number of hydrogen-bond acceptors (Lipinski definition) is 5. The van der Waals surface area contributed by atoms with E-state index in [1.165, 1.54) is 0 Å². The summed E-state index contributed by atoms with van der Waals surface area (Å²) in [4.78, 5) is 22.5. The van der Waals surface area contributed by atoms with Gasteiger partial charge in [-0.2, -0.15) is 0 Å². The van der Waals surface area contributed by atoms with Crippen molar-refractivity contribution in [2.75, 3.05) is 0 Å². The summed E-state index contributed by atoms with van der Waals surface area (Å²) in [5.41, 5.74) is -0.0236. The molecule has 1 saturated heterocycles. The fourth-order valence-corrected chi connectivity index (χ4v) is 2.47. The van der Waals surface area contributed by atoms with Gasteiger partial charge in [-0.15, -0.1) is 0 Å². The van der Waals surface area contributed by atoms with Gasteiger partial charge in [-0.05, 0) is 51.4 Å². The summed E-state index contributed by atoms with van der Waals surface area (Å²) in [5.74, 6) is -0.155. The molecule has 5 nitrogen and oxygen atoms in total. The number of para-hydroxylation sites is 1. The molecule has 0 atom stereocenters. The number of carbonyl (C=O) groups is 1. The third-order valence-corrected chi connectivity index (χ3v) is 4.64. The van der Waals surface area contributed by atoms with Crippen LogP contribution in [0.5, 0.6) is 5.75 Å². The van der Waals surface area contributed by atoms with Crippen LogP contribution in [0.3, 0.4) is 0 Å². The van der Waals surface area contributed by atoms with E-state index in [2.05, 4.69) is 0 Å². The van der Waals surface area contributed by atoms with Gasteiger partial charge < -0.3 is 9.31 Å². The first-order valence-corrected chi connectivity index (χ1v) is 8.19. The highest BCUT2D eigenvalue weighted by Gasteiger charge is 2.52. The Balaban J connectivity index is 1.78. The molecular formula is C19H21BO5. The Morgan fingerprint density at radius 2 is 1.44 bits per heavy atom. The SMILES string of the molecule is CC1(C)OB(c2ccccc2C(=O)OOc2ccccc2)OC1(C)C. The minimum atomic E-state index is -0.648. The van der Waals surface area contributed by atoms with Crippen LogP contribution in [0, 0.1) is 0 Å². The van der Waals surface area contributed by atoms with Crippen molar-refractivity contribution in [2.45, 2.75) is 38.9 Å². The lowest BCUT2D eigenvalue weighted by Crippen LogP contribution is -2.41. The summed E-state index contributed by atoms with van der Waals surface area (Å²) in [6, 6.07) is 15.9. The van der Waals surface area contributed by atoms with Crippen LogP contribution in [-0.2, 0) is 14.2 Å². The Labute approximate surface area is 147 Å². The molecule has 0 N–H and O–H groups in total. The van der Waals surface area contributed by atoms with Crippen molar-refractivity contribution in [3.05, 3.63) is 60.2 Å². The van der Waals surface area contributed by atoms with E-state index in [1.54, 1.807) is 42.5 Å². The lowest BCUT2D eigenvalue weighted by atomic mass is 9.76. The first-order chi connectivity index (χ1) is 11.8. The van der Waals surface area contributed by atoms with E-state index in [1.807, 2.05) is 39.8 Å². The Morgan fingerprint density at radius 1 is 0.880 bits per heavy atom. The molecule has 6 heteroatoms. The molecule has 1 aliphatic heterocycles. The van der Waals surface area contributed by atoms with Crippen molar-refractivity contribution in [2.24, 2.45) is 0 Å². The third kappa shape index (κ3) is 3.55. The molecule has 0 saturated carbocycles. The normalized spacial score (nSPS) is 18.0. The number of benzene rings is 2. The molecule has 2 aromatic rings. The average molecular weight is 340 g/mol. The van der Waals surface area contributed by atoms with E-state index in [-0.39, 0.29) is 0 Å². The lowest BCUT2D eigenvalue weighted by molar-refractivity contribution is -0.149. The molecule has 0 aliphatic carbocycles. The van der Waals surface area contributed by atoms with Gasteiger partial charge in [0, 0.05) is 0 Å². The van der Waals surface area contributed by atoms with Crippen molar-refractivity contribution in [3.63, 3.8) is 0 Å². The van der Waals surface area contributed by atoms with Gasteiger partial charge in [-0.3, -0.25) is 4.89 Å². The summed E-state index contributed by atoms with van der Waals surface area (Å²) in [6.07, 6.45) is 0. The highest BCUT2D eigenvalue weighted by molar-refractivity contribution is 6.63. The van der Waals surface area contributed by atoms with E-state index in [0.717, 1.165) is 0 Å². The molecule has 0 radical (unpaired) electrons. The van der Waals surface area contributed by atoms with E-state index in [0.29, 0.717) is 16.8 Å². The minimum Gasteiger partial charge on any atom is -0.399 e. The van der Waals surface area contributed by atoms with Crippen LogP contribution in [0.1, 0.15) is 38.1 Å². The molecule has 3 rings (SSSR count). The summed E-state index contributed by atoms with van der Waals surface area (Å²) in [5, 5.41) is 0. The molecule has 1 fully saturated rings. The Hall–Kier alpha value is -2.31. The second-order valence-electron chi connectivity index (χ2n) is 6.94. The predicted octanol–water partition coefficient (Wildman–Crippen LogP) is 3.14. The largest absolute Gasteiger partial charge is 0.495 e. The van der Waals surface area contributed by atoms with Crippen LogP contribution in [0.25, 0.3) is 0 Å². The first kappa shape index (κ1) is 17.5. The summed E-state index contributed by atoms with van der Waals surface area (Å²) >= 11 is 0.